The topological polar surface area (TPSA) is 53.5 Å². The Kier molecular flexibility index (Phi) is 2.56. The van der Waals surface area contributed by atoms with E-state index in [2.05, 4.69) is 4.98 Å². The van der Waals surface area contributed by atoms with E-state index in [1.165, 1.54) is 16.2 Å². The molecule has 3 rings (SSSR count). The molecule has 2 saturated heterocycles. The fourth-order valence-corrected chi connectivity index (χ4v) is 3.31. The molecule has 0 radical (unpaired) electrons. The predicted molar refractivity (Wildman–Crippen MR) is 62.8 cm³/mol. The summed E-state index contributed by atoms with van der Waals surface area (Å²) >= 11 is 7.02. The third-order valence-electron chi connectivity index (χ3n) is 3.12. The Morgan fingerprint density at radius 2 is 2.35 bits per heavy atom. The van der Waals surface area contributed by atoms with Crippen molar-refractivity contribution in [3.63, 3.8) is 0 Å². The van der Waals surface area contributed by atoms with Crippen molar-refractivity contribution in [2.24, 2.45) is 0 Å². The van der Waals surface area contributed by atoms with E-state index in [1.807, 2.05) is 0 Å². The first-order chi connectivity index (χ1) is 8.16. The summed E-state index contributed by atoms with van der Waals surface area (Å²) in [6.07, 6.45) is 3.31. The maximum absolute atomic E-state index is 12.0. The lowest BCUT2D eigenvalue weighted by Crippen LogP contribution is -2.32. The van der Waals surface area contributed by atoms with Crippen molar-refractivity contribution >= 4 is 34.9 Å². The molecule has 2 aliphatic heterocycles. The fraction of sp³-hybridized carbons (Fsp3) is 0.500. The summed E-state index contributed by atoms with van der Waals surface area (Å²) in [6, 6.07) is -0.409. The number of thiazole rings is 1. The quantitative estimate of drug-likeness (QED) is 0.770. The summed E-state index contributed by atoms with van der Waals surface area (Å²) in [5.74, 6) is -0.0861. The van der Waals surface area contributed by atoms with Gasteiger partial charge in [-0.15, -0.1) is 11.3 Å². The molecule has 90 valence electrons. The summed E-state index contributed by atoms with van der Waals surface area (Å²) in [6.45, 7) is 0.976. The highest BCUT2D eigenvalue weighted by Crippen LogP contribution is 2.29. The molecular weight excluding hydrogens is 262 g/mol. The molecule has 3 amide bonds. The van der Waals surface area contributed by atoms with Gasteiger partial charge in [-0.2, -0.15) is 0 Å². The molecule has 3 heterocycles. The Morgan fingerprint density at radius 3 is 3.00 bits per heavy atom. The van der Waals surface area contributed by atoms with Crippen LogP contribution in [0.5, 0.6) is 0 Å². The zero-order valence-electron chi connectivity index (χ0n) is 8.93. The molecule has 5 nitrogen and oxygen atoms in total. The third kappa shape index (κ3) is 1.71. The van der Waals surface area contributed by atoms with E-state index in [1.54, 1.807) is 11.1 Å². The Bertz CT molecular complexity index is 468. The maximum atomic E-state index is 12.0. The third-order valence-corrected chi connectivity index (χ3v) is 4.22. The molecule has 0 saturated carbocycles. The van der Waals surface area contributed by atoms with Crippen LogP contribution in [0.2, 0.25) is 4.47 Å². The standard InChI is InChI=1S/C10H10ClN3O2S/c11-9-12-4-6(17-9)5-14-8(15)7-2-1-3-13(7)10(14)16/h4,7H,1-3,5H2. The second kappa shape index (κ2) is 3.96. The number of rotatable bonds is 2. The largest absolute Gasteiger partial charge is 0.327 e. The van der Waals surface area contributed by atoms with Crippen LogP contribution in [0.25, 0.3) is 0 Å². The number of hydrogen-bond acceptors (Lipinski definition) is 4. The zero-order chi connectivity index (χ0) is 12.0. The van der Waals surface area contributed by atoms with Gasteiger partial charge in [-0.25, -0.2) is 9.78 Å². The van der Waals surface area contributed by atoms with Crippen LogP contribution in [0.4, 0.5) is 4.79 Å². The highest BCUT2D eigenvalue weighted by molar-refractivity contribution is 7.15. The number of imide groups is 1. The fourth-order valence-electron chi connectivity index (χ4n) is 2.34. The first kappa shape index (κ1) is 11.0. The highest BCUT2D eigenvalue weighted by atomic mass is 35.5. The van der Waals surface area contributed by atoms with Crippen molar-refractivity contribution in [3.8, 4) is 0 Å². The smallest absolute Gasteiger partial charge is 0.312 e. The maximum Gasteiger partial charge on any atom is 0.327 e. The number of halogens is 1. The van der Waals surface area contributed by atoms with Crippen LogP contribution in [0, 0.1) is 0 Å². The molecule has 0 spiro atoms. The molecule has 2 fully saturated rings. The van der Waals surface area contributed by atoms with E-state index in [0.29, 0.717) is 11.0 Å². The number of amides is 3. The van der Waals surface area contributed by atoms with Crippen LogP contribution >= 0.6 is 22.9 Å². The van der Waals surface area contributed by atoms with Crippen molar-refractivity contribution in [2.45, 2.75) is 25.4 Å². The van der Waals surface area contributed by atoms with E-state index in [-0.39, 0.29) is 24.5 Å². The Balaban J connectivity index is 1.80. The van der Waals surface area contributed by atoms with Gasteiger partial charge in [0.2, 0.25) is 0 Å². The number of hydrogen-bond donors (Lipinski definition) is 0. The lowest BCUT2D eigenvalue weighted by molar-refractivity contribution is -0.128. The predicted octanol–water partition coefficient (Wildman–Crippen LogP) is 1.72. The Labute approximate surface area is 107 Å². The first-order valence-electron chi connectivity index (χ1n) is 5.39. The zero-order valence-corrected chi connectivity index (χ0v) is 10.5. The minimum Gasteiger partial charge on any atom is -0.312 e. The number of carbonyl (C=O) groups is 2. The van der Waals surface area contributed by atoms with Gasteiger partial charge in [-0.3, -0.25) is 9.69 Å². The number of carbonyl (C=O) groups excluding carboxylic acids is 2. The lowest BCUT2D eigenvalue weighted by atomic mass is 10.2. The number of aromatic nitrogens is 1. The van der Waals surface area contributed by atoms with Gasteiger partial charge >= 0.3 is 6.03 Å². The van der Waals surface area contributed by atoms with Gasteiger partial charge in [0.1, 0.15) is 6.04 Å². The van der Waals surface area contributed by atoms with Crippen LogP contribution in [0.1, 0.15) is 17.7 Å². The van der Waals surface area contributed by atoms with E-state index in [0.717, 1.165) is 17.7 Å². The molecule has 17 heavy (non-hydrogen) atoms. The average molecular weight is 272 g/mol. The second-order valence-corrected chi connectivity index (χ2v) is 5.84. The van der Waals surface area contributed by atoms with Gasteiger partial charge in [0.15, 0.2) is 4.47 Å². The summed E-state index contributed by atoms with van der Waals surface area (Å²) in [5, 5.41) is 0. The van der Waals surface area contributed by atoms with Crippen molar-refractivity contribution in [2.75, 3.05) is 6.54 Å². The Hall–Kier alpha value is -1.14. The number of fused-ring (bicyclic) bond motifs is 1. The number of urea groups is 1. The SMILES string of the molecule is O=C1C2CCCN2C(=O)N1Cc1cnc(Cl)s1. The van der Waals surface area contributed by atoms with Crippen LogP contribution in [0.3, 0.4) is 0 Å². The average Bonchev–Trinajstić information content (AvgIpc) is 2.96. The van der Waals surface area contributed by atoms with Crippen LogP contribution in [-0.2, 0) is 11.3 Å². The normalized spacial score (nSPS) is 23.7. The van der Waals surface area contributed by atoms with Gasteiger partial charge < -0.3 is 4.90 Å². The van der Waals surface area contributed by atoms with Gasteiger partial charge in [0, 0.05) is 17.6 Å². The van der Waals surface area contributed by atoms with Gasteiger partial charge in [0.05, 0.1) is 6.54 Å². The molecule has 0 aliphatic carbocycles. The Morgan fingerprint density at radius 1 is 1.53 bits per heavy atom. The number of nitrogens with zero attached hydrogens (tertiary/aromatic N) is 3. The molecule has 1 unspecified atom stereocenters. The first-order valence-corrected chi connectivity index (χ1v) is 6.58. The monoisotopic (exact) mass is 271 g/mol. The molecule has 1 atom stereocenters. The summed E-state index contributed by atoms with van der Waals surface area (Å²) in [5.41, 5.74) is 0. The van der Waals surface area contributed by atoms with E-state index in [4.69, 9.17) is 11.6 Å². The van der Waals surface area contributed by atoms with Crippen molar-refractivity contribution < 1.29 is 9.59 Å². The summed E-state index contributed by atoms with van der Waals surface area (Å²) < 4.78 is 0.430. The molecule has 2 aliphatic rings. The van der Waals surface area contributed by atoms with E-state index >= 15 is 0 Å². The van der Waals surface area contributed by atoms with Crippen LogP contribution in [0.15, 0.2) is 6.20 Å². The molecular formula is C10H10ClN3O2S. The van der Waals surface area contributed by atoms with Crippen LogP contribution in [-0.4, -0.2) is 39.3 Å². The van der Waals surface area contributed by atoms with E-state index < -0.39 is 0 Å². The van der Waals surface area contributed by atoms with Gasteiger partial charge in [0.25, 0.3) is 5.91 Å². The molecule has 0 bridgehead atoms. The second-order valence-electron chi connectivity index (χ2n) is 4.14. The molecule has 7 heteroatoms. The minimum atomic E-state index is -0.231. The van der Waals surface area contributed by atoms with Gasteiger partial charge in [-0.1, -0.05) is 11.6 Å². The summed E-state index contributed by atoms with van der Waals surface area (Å²) in [4.78, 5) is 31.7. The van der Waals surface area contributed by atoms with Crippen molar-refractivity contribution in [1.82, 2.24) is 14.8 Å². The van der Waals surface area contributed by atoms with Gasteiger partial charge in [-0.05, 0) is 12.8 Å². The highest BCUT2D eigenvalue weighted by Gasteiger charge is 2.47. The molecule has 0 N–H and O–H groups in total. The van der Waals surface area contributed by atoms with Crippen LogP contribution < -0.4 is 0 Å². The molecule has 0 aromatic carbocycles. The molecule has 1 aromatic heterocycles. The summed E-state index contributed by atoms with van der Waals surface area (Å²) in [7, 11) is 0. The minimum absolute atomic E-state index is 0.0861. The lowest BCUT2D eigenvalue weighted by Gasteiger charge is -2.13. The van der Waals surface area contributed by atoms with Crippen molar-refractivity contribution in [1.29, 1.82) is 0 Å². The molecule has 1 aromatic rings. The van der Waals surface area contributed by atoms with E-state index in [9.17, 15) is 9.59 Å². The van der Waals surface area contributed by atoms with Crippen molar-refractivity contribution in [3.05, 3.63) is 15.5 Å².